The molecule has 0 atom stereocenters. The molecule has 0 bridgehead atoms. The monoisotopic (exact) mass is 325 g/mol. The second-order valence-electron chi connectivity index (χ2n) is 5.44. The minimum absolute atomic E-state index is 0.109. The molecule has 116 valence electrons. The van der Waals surface area contributed by atoms with Crippen LogP contribution in [0.4, 0.5) is 0 Å². The SMILES string of the molecule is O=C(NCc1cc2c(s1)CCC2)c1ccnc(-n2cncn2)c1. The summed E-state index contributed by atoms with van der Waals surface area (Å²) in [6, 6.07) is 5.63. The van der Waals surface area contributed by atoms with Crippen molar-refractivity contribution in [1.29, 1.82) is 0 Å². The second-order valence-corrected chi connectivity index (χ2v) is 6.66. The van der Waals surface area contributed by atoms with Crippen molar-refractivity contribution in [1.82, 2.24) is 25.1 Å². The first-order valence-corrected chi connectivity index (χ1v) is 8.31. The van der Waals surface area contributed by atoms with Gasteiger partial charge in [0.25, 0.3) is 5.91 Å². The highest BCUT2D eigenvalue weighted by Crippen LogP contribution is 2.30. The third-order valence-corrected chi connectivity index (χ3v) is 5.12. The quantitative estimate of drug-likeness (QED) is 0.798. The number of pyridine rings is 1. The van der Waals surface area contributed by atoms with E-state index >= 15 is 0 Å². The molecule has 1 amide bonds. The molecule has 0 aromatic carbocycles. The Kier molecular flexibility index (Phi) is 3.63. The van der Waals surface area contributed by atoms with Gasteiger partial charge < -0.3 is 5.32 Å². The molecule has 7 heteroatoms. The van der Waals surface area contributed by atoms with Crippen molar-refractivity contribution in [2.45, 2.75) is 25.8 Å². The van der Waals surface area contributed by atoms with Crippen LogP contribution < -0.4 is 5.32 Å². The fraction of sp³-hybridized carbons (Fsp3) is 0.250. The molecule has 0 unspecified atom stereocenters. The Labute approximate surface area is 137 Å². The van der Waals surface area contributed by atoms with Crippen LogP contribution in [0.5, 0.6) is 0 Å². The van der Waals surface area contributed by atoms with Crippen LogP contribution in [0.15, 0.2) is 37.1 Å². The molecule has 3 aromatic rings. The van der Waals surface area contributed by atoms with E-state index < -0.39 is 0 Å². The molecule has 1 aliphatic rings. The lowest BCUT2D eigenvalue weighted by Gasteiger charge is -2.05. The number of hydrogen-bond acceptors (Lipinski definition) is 5. The van der Waals surface area contributed by atoms with Crippen LogP contribution in [-0.4, -0.2) is 25.7 Å². The zero-order valence-electron chi connectivity index (χ0n) is 12.4. The van der Waals surface area contributed by atoms with E-state index in [2.05, 4.69) is 26.4 Å². The van der Waals surface area contributed by atoms with Crippen LogP contribution in [0.3, 0.4) is 0 Å². The Morgan fingerprint density at radius 2 is 2.30 bits per heavy atom. The molecule has 6 nitrogen and oxygen atoms in total. The van der Waals surface area contributed by atoms with Gasteiger partial charge in [-0.3, -0.25) is 4.79 Å². The van der Waals surface area contributed by atoms with E-state index in [0.29, 0.717) is 17.9 Å². The van der Waals surface area contributed by atoms with Crippen molar-refractivity contribution in [3.05, 3.63) is 57.9 Å². The molecule has 1 N–H and O–H groups in total. The lowest BCUT2D eigenvalue weighted by atomic mass is 10.2. The maximum absolute atomic E-state index is 12.3. The zero-order chi connectivity index (χ0) is 15.6. The molecular weight excluding hydrogens is 310 g/mol. The molecule has 3 aromatic heterocycles. The van der Waals surface area contributed by atoms with E-state index in [9.17, 15) is 4.79 Å². The molecule has 4 rings (SSSR count). The molecule has 0 saturated carbocycles. The van der Waals surface area contributed by atoms with Gasteiger partial charge >= 0.3 is 0 Å². The van der Waals surface area contributed by atoms with Crippen LogP contribution in [0, 0.1) is 0 Å². The highest BCUT2D eigenvalue weighted by molar-refractivity contribution is 7.12. The number of thiophene rings is 1. The number of fused-ring (bicyclic) bond motifs is 1. The summed E-state index contributed by atoms with van der Waals surface area (Å²) in [5.41, 5.74) is 2.02. The van der Waals surface area contributed by atoms with E-state index in [1.807, 2.05) is 11.3 Å². The average Bonchev–Trinajstić information content (AvgIpc) is 3.29. The first-order valence-electron chi connectivity index (χ1n) is 7.49. The topological polar surface area (TPSA) is 72.7 Å². The van der Waals surface area contributed by atoms with Gasteiger partial charge in [0.15, 0.2) is 5.82 Å². The van der Waals surface area contributed by atoms with E-state index in [4.69, 9.17) is 0 Å². The Morgan fingerprint density at radius 1 is 1.35 bits per heavy atom. The standard InChI is InChI=1S/C16H15N5OS/c22-16(19-8-13-6-11-2-1-3-14(11)23-13)12-4-5-18-15(7-12)21-10-17-9-20-21/h4-7,9-10H,1-3,8H2,(H,19,22). The van der Waals surface area contributed by atoms with E-state index in [1.165, 1.54) is 45.6 Å². The fourth-order valence-electron chi connectivity index (χ4n) is 2.76. The summed E-state index contributed by atoms with van der Waals surface area (Å²) in [7, 11) is 0. The van der Waals surface area contributed by atoms with Gasteiger partial charge in [0.1, 0.15) is 12.7 Å². The first kappa shape index (κ1) is 14.1. The van der Waals surface area contributed by atoms with Gasteiger partial charge in [-0.2, -0.15) is 5.10 Å². The number of carbonyl (C=O) groups is 1. The highest BCUT2D eigenvalue weighted by Gasteiger charge is 2.15. The molecular formula is C16H15N5OS. The summed E-state index contributed by atoms with van der Waals surface area (Å²) >= 11 is 1.81. The van der Waals surface area contributed by atoms with Gasteiger partial charge in [0, 0.05) is 21.5 Å². The van der Waals surface area contributed by atoms with Crippen LogP contribution >= 0.6 is 11.3 Å². The van der Waals surface area contributed by atoms with Gasteiger partial charge in [0.2, 0.25) is 0 Å². The third-order valence-electron chi connectivity index (χ3n) is 3.88. The summed E-state index contributed by atoms with van der Waals surface area (Å²) in [6.45, 7) is 0.567. The second kappa shape index (κ2) is 5.92. The van der Waals surface area contributed by atoms with Crippen LogP contribution in [0.25, 0.3) is 5.82 Å². The van der Waals surface area contributed by atoms with Gasteiger partial charge in [-0.05, 0) is 43.0 Å². The van der Waals surface area contributed by atoms with Crippen LogP contribution in [-0.2, 0) is 19.4 Å². The zero-order valence-corrected chi connectivity index (χ0v) is 13.2. The third kappa shape index (κ3) is 2.87. The summed E-state index contributed by atoms with van der Waals surface area (Å²) < 4.78 is 1.53. The Bertz CT molecular complexity index is 819. The van der Waals surface area contributed by atoms with Gasteiger partial charge in [-0.15, -0.1) is 11.3 Å². The van der Waals surface area contributed by atoms with Gasteiger partial charge in [-0.25, -0.2) is 14.6 Å². The number of aryl methyl sites for hydroxylation is 2. The molecule has 0 fully saturated rings. The Morgan fingerprint density at radius 3 is 3.13 bits per heavy atom. The van der Waals surface area contributed by atoms with E-state index in [-0.39, 0.29) is 5.91 Å². The summed E-state index contributed by atoms with van der Waals surface area (Å²) in [5.74, 6) is 0.465. The summed E-state index contributed by atoms with van der Waals surface area (Å²) in [6.07, 6.45) is 8.20. The highest BCUT2D eigenvalue weighted by atomic mass is 32.1. The normalized spacial score (nSPS) is 13.0. The van der Waals surface area contributed by atoms with Gasteiger partial charge in [0.05, 0.1) is 6.54 Å². The number of rotatable bonds is 4. The minimum atomic E-state index is -0.109. The number of amides is 1. The molecule has 1 aliphatic carbocycles. The summed E-state index contributed by atoms with van der Waals surface area (Å²) in [5, 5.41) is 7.00. The lowest BCUT2D eigenvalue weighted by Crippen LogP contribution is -2.22. The van der Waals surface area contributed by atoms with Crippen molar-refractivity contribution in [3.8, 4) is 5.82 Å². The van der Waals surface area contributed by atoms with E-state index in [1.54, 1.807) is 24.7 Å². The van der Waals surface area contributed by atoms with Crippen molar-refractivity contribution in [3.63, 3.8) is 0 Å². The Balaban J connectivity index is 1.45. The Hall–Kier alpha value is -2.54. The van der Waals surface area contributed by atoms with Crippen molar-refractivity contribution in [2.24, 2.45) is 0 Å². The van der Waals surface area contributed by atoms with Crippen LogP contribution in [0.2, 0.25) is 0 Å². The van der Waals surface area contributed by atoms with Crippen LogP contribution in [0.1, 0.15) is 32.1 Å². The number of carbonyl (C=O) groups excluding carboxylic acids is 1. The molecule has 0 aliphatic heterocycles. The van der Waals surface area contributed by atoms with Crippen molar-refractivity contribution < 1.29 is 4.79 Å². The molecule has 0 radical (unpaired) electrons. The number of hydrogen-bond donors (Lipinski definition) is 1. The smallest absolute Gasteiger partial charge is 0.251 e. The van der Waals surface area contributed by atoms with E-state index in [0.717, 1.165) is 0 Å². The predicted octanol–water partition coefficient (Wildman–Crippen LogP) is 2.14. The number of nitrogens with zero attached hydrogens (tertiary/aromatic N) is 4. The van der Waals surface area contributed by atoms with Crippen molar-refractivity contribution >= 4 is 17.2 Å². The largest absolute Gasteiger partial charge is 0.347 e. The fourth-order valence-corrected chi connectivity index (χ4v) is 3.96. The molecule has 23 heavy (non-hydrogen) atoms. The van der Waals surface area contributed by atoms with Crippen molar-refractivity contribution in [2.75, 3.05) is 0 Å². The average molecular weight is 325 g/mol. The first-order chi connectivity index (χ1) is 11.3. The molecule has 0 saturated heterocycles. The summed E-state index contributed by atoms with van der Waals surface area (Å²) in [4.78, 5) is 23.1. The molecule has 0 spiro atoms. The number of aromatic nitrogens is 4. The maximum Gasteiger partial charge on any atom is 0.251 e. The number of nitrogens with one attached hydrogen (secondary N) is 1. The van der Waals surface area contributed by atoms with Gasteiger partial charge in [-0.1, -0.05) is 0 Å². The minimum Gasteiger partial charge on any atom is -0.347 e. The molecule has 3 heterocycles. The predicted molar refractivity (Wildman–Crippen MR) is 86.7 cm³/mol. The maximum atomic E-state index is 12.3. The lowest BCUT2D eigenvalue weighted by molar-refractivity contribution is 0.0951.